The molecule has 0 bridgehead atoms. The minimum Gasteiger partial charge on any atom is -0.462 e. The van der Waals surface area contributed by atoms with E-state index in [4.69, 9.17) is 9.84 Å². The molecule has 0 fully saturated rings. The number of hydrogen-bond acceptors (Lipinski definition) is 3. The van der Waals surface area contributed by atoms with E-state index < -0.39 is 0 Å². The van der Waals surface area contributed by atoms with Crippen molar-refractivity contribution in [3.8, 4) is 0 Å². The Bertz CT molecular complexity index is 368. The fourth-order valence-electron chi connectivity index (χ4n) is 1.17. The second kappa shape index (κ2) is 7.03. The van der Waals surface area contributed by atoms with E-state index in [0.717, 1.165) is 21.6 Å². The van der Waals surface area contributed by atoms with Crippen LogP contribution in [0.3, 0.4) is 0 Å². The summed E-state index contributed by atoms with van der Waals surface area (Å²) in [5, 5.41) is 9.08. The summed E-state index contributed by atoms with van der Waals surface area (Å²) in [5.41, 5.74) is 1.26. The second-order valence-electron chi connectivity index (χ2n) is 3.18. The number of carbonyl (C=O) groups excluding carboxylic acids is 1. The van der Waals surface area contributed by atoms with Gasteiger partial charge in [0, 0.05) is 13.8 Å². The van der Waals surface area contributed by atoms with E-state index in [1.807, 2.05) is 22.6 Å². The summed E-state index contributed by atoms with van der Waals surface area (Å²) in [6, 6.07) is 6.04. The summed E-state index contributed by atoms with van der Waals surface area (Å²) < 4.78 is 5.85. The smallest absolute Gasteiger partial charge is 0.339 e. The van der Waals surface area contributed by atoms with Crippen LogP contribution in [0.5, 0.6) is 0 Å². The van der Waals surface area contributed by atoms with E-state index in [1.54, 1.807) is 18.2 Å². The molecule has 1 aromatic rings. The first-order valence-corrected chi connectivity index (χ1v) is 6.69. The van der Waals surface area contributed by atoms with Crippen molar-refractivity contribution >= 4 is 38.8 Å². The maximum Gasteiger partial charge on any atom is 0.339 e. The molecule has 0 heterocycles. The zero-order valence-electron chi connectivity index (χ0n) is 8.70. The summed E-state index contributed by atoms with van der Waals surface area (Å²) >= 11 is 2.05. The second-order valence-corrected chi connectivity index (χ2v) is 4.76. The van der Waals surface area contributed by atoms with Gasteiger partial charge in [-0.15, -0.1) is 0 Å². The molecule has 5 heteroatoms. The molecular formula is C11H12IO3Si. The van der Waals surface area contributed by atoms with Crippen LogP contribution < -0.4 is 0 Å². The average Bonchev–Trinajstić information content (AvgIpc) is 2.29. The Labute approximate surface area is 112 Å². The van der Waals surface area contributed by atoms with E-state index in [0.29, 0.717) is 12.2 Å². The molecule has 1 rings (SSSR count). The molecule has 1 aromatic carbocycles. The molecule has 85 valence electrons. The number of aliphatic hydroxyl groups excluding tert-OH is 1. The van der Waals surface area contributed by atoms with Gasteiger partial charge in [0.2, 0.25) is 0 Å². The van der Waals surface area contributed by atoms with Gasteiger partial charge in [0.1, 0.15) is 0 Å². The molecule has 0 saturated heterocycles. The molecule has 3 radical (unpaired) electrons. The van der Waals surface area contributed by atoms with Crippen LogP contribution in [0.4, 0.5) is 0 Å². The first-order chi connectivity index (χ1) is 7.70. The highest BCUT2D eigenvalue weighted by Crippen LogP contribution is 2.18. The summed E-state index contributed by atoms with van der Waals surface area (Å²) in [6.07, 6.45) is 0.791. The van der Waals surface area contributed by atoms with Crippen molar-refractivity contribution in [2.45, 2.75) is 19.1 Å². The molecule has 0 atom stereocenters. The predicted octanol–water partition coefficient (Wildman–Crippen LogP) is 1.92. The lowest BCUT2D eigenvalue weighted by Gasteiger charge is -2.08. The molecule has 0 aliphatic rings. The Morgan fingerprint density at radius 3 is 2.88 bits per heavy atom. The Morgan fingerprint density at radius 1 is 1.50 bits per heavy atom. The number of halogens is 1. The van der Waals surface area contributed by atoms with E-state index in [1.165, 1.54) is 0 Å². The van der Waals surface area contributed by atoms with Gasteiger partial charge in [-0.25, -0.2) is 4.79 Å². The van der Waals surface area contributed by atoms with E-state index in [2.05, 4.69) is 10.2 Å². The first-order valence-electron chi connectivity index (χ1n) is 4.90. The van der Waals surface area contributed by atoms with Crippen molar-refractivity contribution in [2.75, 3.05) is 6.61 Å². The van der Waals surface area contributed by atoms with Crippen molar-refractivity contribution in [1.29, 1.82) is 0 Å². The molecule has 1 N–H and O–H groups in total. The topological polar surface area (TPSA) is 46.5 Å². The van der Waals surface area contributed by atoms with Crippen LogP contribution >= 0.6 is 22.6 Å². The molecule has 0 unspecified atom stereocenters. The van der Waals surface area contributed by atoms with Gasteiger partial charge >= 0.3 is 5.97 Å². The van der Waals surface area contributed by atoms with Gasteiger partial charge in [0.15, 0.2) is 0 Å². The Kier molecular flexibility index (Phi) is 6.00. The molecule has 0 aromatic heterocycles. The van der Waals surface area contributed by atoms with Crippen molar-refractivity contribution < 1.29 is 14.6 Å². The van der Waals surface area contributed by atoms with Gasteiger partial charge in [-0.05, 0) is 40.6 Å². The maximum atomic E-state index is 11.7. The molecule has 16 heavy (non-hydrogen) atoms. The fourth-order valence-corrected chi connectivity index (χ4v) is 2.07. The fraction of sp³-hybridized carbons (Fsp3) is 0.364. The summed E-state index contributed by atoms with van der Waals surface area (Å²) in [5.74, 6) is -0.334. The average molecular weight is 347 g/mol. The number of aliphatic hydroxyl groups is 1. The van der Waals surface area contributed by atoms with Crippen LogP contribution in [-0.2, 0) is 11.3 Å². The molecule has 0 amide bonds. The number of benzene rings is 1. The third-order valence-corrected chi connectivity index (χ3v) is 3.65. The lowest BCUT2D eigenvalue weighted by Crippen LogP contribution is -2.09. The lowest BCUT2D eigenvalue weighted by atomic mass is 10.1. The molecule has 0 spiro atoms. The van der Waals surface area contributed by atoms with Crippen molar-refractivity contribution in [3.05, 3.63) is 32.9 Å². The Morgan fingerprint density at radius 2 is 2.25 bits per heavy atom. The van der Waals surface area contributed by atoms with Crippen LogP contribution in [0.2, 0.25) is 6.04 Å². The summed E-state index contributed by atoms with van der Waals surface area (Å²) in [4.78, 5) is 11.7. The Balaban J connectivity index is 2.75. The minimum absolute atomic E-state index is 0.0689. The number of ether oxygens (including phenoxy) is 1. The van der Waals surface area contributed by atoms with Gasteiger partial charge in [-0.1, -0.05) is 18.2 Å². The summed E-state index contributed by atoms with van der Waals surface area (Å²) in [6.45, 7) is 0.336. The van der Waals surface area contributed by atoms with Crippen molar-refractivity contribution in [1.82, 2.24) is 0 Å². The molecule has 0 aliphatic heterocycles. The zero-order valence-corrected chi connectivity index (χ0v) is 11.9. The third kappa shape index (κ3) is 3.57. The van der Waals surface area contributed by atoms with Gasteiger partial charge in [0.25, 0.3) is 0 Å². The van der Waals surface area contributed by atoms with Gasteiger partial charge in [-0.2, -0.15) is 0 Å². The lowest BCUT2D eigenvalue weighted by molar-refractivity contribution is 0.0504. The maximum absolute atomic E-state index is 11.7. The predicted molar refractivity (Wildman–Crippen MR) is 70.5 cm³/mol. The van der Waals surface area contributed by atoms with Crippen molar-refractivity contribution in [3.63, 3.8) is 0 Å². The van der Waals surface area contributed by atoms with Gasteiger partial charge < -0.3 is 9.84 Å². The monoisotopic (exact) mass is 347 g/mol. The quantitative estimate of drug-likeness (QED) is 0.383. The standard InChI is InChI=1S/C11H12IO3Si/c12-10-8(7-13)3-1-4-9(10)11(14)15-5-2-6-16/h1,3-4,13H,2,5-7H2. The third-order valence-electron chi connectivity index (χ3n) is 2.02. The van der Waals surface area contributed by atoms with Crippen LogP contribution in [0.15, 0.2) is 18.2 Å². The molecule has 0 saturated carbocycles. The number of rotatable bonds is 5. The highest BCUT2D eigenvalue weighted by atomic mass is 127. The zero-order chi connectivity index (χ0) is 12.0. The molecular weight excluding hydrogens is 335 g/mol. The first kappa shape index (κ1) is 13.7. The van der Waals surface area contributed by atoms with Crippen LogP contribution in [0.25, 0.3) is 0 Å². The number of hydrogen-bond donors (Lipinski definition) is 1. The Hall–Kier alpha value is -0.403. The highest BCUT2D eigenvalue weighted by molar-refractivity contribution is 14.1. The molecule has 0 aliphatic carbocycles. The summed E-state index contributed by atoms with van der Waals surface area (Å²) in [7, 11) is 3.31. The minimum atomic E-state index is -0.334. The van der Waals surface area contributed by atoms with E-state index >= 15 is 0 Å². The van der Waals surface area contributed by atoms with Gasteiger partial charge in [0.05, 0.1) is 18.8 Å². The number of esters is 1. The van der Waals surface area contributed by atoms with Crippen LogP contribution in [-0.4, -0.2) is 27.9 Å². The molecule has 3 nitrogen and oxygen atoms in total. The van der Waals surface area contributed by atoms with Crippen molar-refractivity contribution in [2.24, 2.45) is 0 Å². The number of carbonyl (C=O) groups is 1. The van der Waals surface area contributed by atoms with Crippen LogP contribution in [0.1, 0.15) is 22.3 Å². The normalized spacial score (nSPS) is 10.2. The van der Waals surface area contributed by atoms with E-state index in [9.17, 15) is 4.79 Å². The van der Waals surface area contributed by atoms with Crippen LogP contribution in [0, 0.1) is 3.57 Å². The SMILES string of the molecule is O=C(OCCC[Si])c1cccc(CO)c1I. The highest BCUT2D eigenvalue weighted by Gasteiger charge is 2.13. The van der Waals surface area contributed by atoms with E-state index in [-0.39, 0.29) is 12.6 Å². The largest absolute Gasteiger partial charge is 0.462 e. The van der Waals surface area contributed by atoms with Gasteiger partial charge in [-0.3, -0.25) is 0 Å².